The number of carbonyl (C=O) groups is 2. The second-order valence-electron chi connectivity index (χ2n) is 3.74. The number of nitrogens with one attached hydrogen (secondary N) is 1. The molecule has 0 aromatic carbocycles. The van der Waals surface area contributed by atoms with E-state index in [1.165, 1.54) is 0 Å². The Labute approximate surface area is 98.3 Å². The summed E-state index contributed by atoms with van der Waals surface area (Å²) in [6.07, 6.45) is 0.145. The van der Waals surface area contributed by atoms with Crippen LogP contribution >= 0.6 is 11.3 Å². The van der Waals surface area contributed by atoms with E-state index < -0.39 is 5.97 Å². The molecule has 1 aromatic heterocycles. The molecule has 16 heavy (non-hydrogen) atoms. The van der Waals surface area contributed by atoms with Crippen molar-refractivity contribution in [2.45, 2.75) is 26.3 Å². The van der Waals surface area contributed by atoms with Crippen molar-refractivity contribution < 1.29 is 14.7 Å². The van der Waals surface area contributed by atoms with Crippen LogP contribution in [0, 0.1) is 5.92 Å². The van der Waals surface area contributed by atoms with E-state index in [0.717, 1.165) is 4.88 Å². The maximum Gasteiger partial charge on any atom is 0.220 e. The van der Waals surface area contributed by atoms with Gasteiger partial charge in [0.1, 0.15) is 0 Å². The maximum atomic E-state index is 11.4. The topological polar surface area (TPSA) is 69.2 Å². The van der Waals surface area contributed by atoms with Crippen molar-refractivity contribution in [3.63, 3.8) is 0 Å². The van der Waals surface area contributed by atoms with E-state index in [1.54, 1.807) is 18.3 Å². The molecule has 0 radical (unpaired) electrons. The second-order valence-corrected chi connectivity index (χ2v) is 4.77. The largest absolute Gasteiger partial charge is 0.550 e. The second kappa shape index (κ2) is 6.27. The minimum atomic E-state index is -1.11. The summed E-state index contributed by atoms with van der Waals surface area (Å²) >= 11 is 1.58. The van der Waals surface area contributed by atoms with Gasteiger partial charge in [-0.2, -0.15) is 0 Å². The molecule has 88 valence electrons. The molecule has 1 aromatic rings. The quantitative estimate of drug-likeness (QED) is 0.788. The standard InChI is InChI=1S/C11H15NO3S/c1-8(6-11(14)15)5-10(13)12-7-9-3-2-4-16-9/h2-4,8H,5-7H2,1H3,(H,12,13)(H,14,15)/p-1/t8-/m0/s1. The van der Waals surface area contributed by atoms with E-state index in [4.69, 9.17) is 0 Å². The monoisotopic (exact) mass is 240 g/mol. The van der Waals surface area contributed by atoms with Gasteiger partial charge in [0.25, 0.3) is 0 Å². The van der Waals surface area contributed by atoms with Gasteiger partial charge in [-0.25, -0.2) is 0 Å². The van der Waals surface area contributed by atoms with E-state index in [1.807, 2.05) is 17.5 Å². The lowest BCUT2D eigenvalue weighted by Gasteiger charge is -2.11. The number of rotatable bonds is 6. The van der Waals surface area contributed by atoms with Crippen LogP contribution in [-0.4, -0.2) is 11.9 Å². The van der Waals surface area contributed by atoms with Crippen LogP contribution in [0.1, 0.15) is 24.6 Å². The number of hydrogen-bond acceptors (Lipinski definition) is 4. The van der Waals surface area contributed by atoms with Gasteiger partial charge in [-0.05, 0) is 23.8 Å². The third-order valence-corrected chi connectivity index (χ3v) is 2.97. The molecule has 0 saturated heterocycles. The Hall–Kier alpha value is -1.36. The predicted molar refractivity (Wildman–Crippen MR) is 59.6 cm³/mol. The third kappa shape index (κ3) is 4.93. The number of carboxylic acid groups (broad SMARTS) is 1. The Bertz CT molecular complexity index is 348. The van der Waals surface area contributed by atoms with Gasteiger partial charge in [-0.3, -0.25) is 4.79 Å². The van der Waals surface area contributed by atoms with Gasteiger partial charge in [0, 0.05) is 17.3 Å². The Morgan fingerprint density at radius 2 is 2.25 bits per heavy atom. The Morgan fingerprint density at radius 3 is 2.81 bits per heavy atom. The first-order valence-electron chi connectivity index (χ1n) is 5.07. The molecule has 0 spiro atoms. The molecule has 5 heteroatoms. The number of carboxylic acids is 1. The normalized spacial score (nSPS) is 12.1. The van der Waals surface area contributed by atoms with E-state index in [2.05, 4.69) is 5.32 Å². The van der Waals surface area contributed by atoms with Crippen molar-refractivity contribution >= 4 is 23.2 Å². The highest BCUT2D eigenvalue weighted by molar-refractivity contribution is 7.09. The summed E-state index contributed by atoms with van der Waals surface area (Å²) in [5.74, 6) is -1.42. The van der Waals surface area contributed by atoms with Crippen LogP contribution in [0.2, 0.25) is 0 Å². The van der Waals surface area contributed by atoms with Crippen LogP contribution in [0.3, 0.4) is 0 Å². The van der Waals surface area contributed by atoms with Crippen molar-refractivity contribution in [3.8, 4) is 0 Å². The fraction of sp³-hybridized carbons (Fsp3) is 0.455. The number of carbonyl (C=O) groups excluding carboxylic acids is 2. The Balaban J connectivity index is 2.23. The Kier molecular flexibility index (Phi) is 4.98. The number of amides is 1. The molecule has 0 aliphatic heterocycles. The summed E-state index contributed by atoms with van der Waals surface area (Å²) < 4.78 is 0. The minimum absolute atomic E-state index is 0.0770. The number of hydrogen-bond donors (Lipinski definition) is 1. The fourth-order valence-corrected chi connectivity index (χ4v) is 1.99. The SMILES string of the molecule is C[C@H](CC(=O)[O-])CC(=O)NCc1cccs1. The molecular formula is C11H14NO3S-. The molecule has 4 nitrogen and oxygen atoms in total. The van der Waals surface area contributed by atoms with Gasteiger partial charge in [0.15, 0.2) is 0 Å². The van der Waals surface area contributed by atoms with E-state index >= 15 is 0 Å². The van der Waals surface area contributed by atoms with Crippen molar-refractivity contribution in [2.24, 2.45) is 5.92 Å². The average molecular weight is 240 g/mol. The van der Waals surface area contributed by atoms with Gasteiger partial charge in [-0.1, -0.05) is 13.0 Å². The van der Waals surface area contributed by atoms with Gasteiger partial charge in [-0.15, -0.1) is 11.3 Å². The lowest BCUT2D eigenvalue weighted by molar-refractivity contribution is -0.306. The smallest absolute Gasteiger partial charge is 0.220 e. The molecule has 0 fully saturated rings. The number of thiophene rings is 1. The first-order valence-corrected chi connectivity index (χ1v) is 5.95. The zero-order valence-corrected chi connectivity index (χ0v) is 9.88. The molecule has 0 bridgehead atoms. The highest BCUT2D eigenvalue weighted by atomic mass is 32.1. The third-order valence-electron chi connectivity index (χ3n) is 2.09. The van der Waals surface area contributed by atoms with Crippen LogP contribution in [-0.2, 0) is 16.1 Å². The zero-order chi connectivity index (χ0) is 12.0. The first kappa shape index (κ1) is 12.7. The maximum absolute atomic E-state index is 11.4. The van der Waals surface area contributed by atoms with Crippen LogP contribution in [0.5, 0.6) is 0 Å². The summed E-state index contributed by atoms with van der Waals surface area (Å²) in [7, 11) is 0. The van der Waals surface area contributed by atoms with Crippen LogP contribution in [0.4, 0.5) is 0 Å². The molecule has 0 aliphatic carbocycles. The fourth-order valence-electron chi connectivity index (χ4n) is 1.34. The summed E-state index contributed by atoms with van der Waals surface area (Å²) in [6.45, 7) is 2.23. The summed E-state index contributed by atoms with van der Waals surface area (Å²) in [4.78, 5) is 22.8. The molecule has 1 amide bonds. The summed E-state index contributed by atoms with van der Waals surface area (Å²) in [5, 5.41) is 15.0. The molecule has 1 atom stereocenters. The molecule has 1 rings (SSSR count). The van der Waals surface area contributed by atoms with Crippen LogP contribution < -0.4 is 10.4 Å². The van der Waals surface area contributed by atoms with Crippen molar-refractivity contribution in [2.75, 3.05) is 0 Å². The van der Waals surface area contributed by atoms with Gasteiger partial charge >= 0.3 is 0 Å². The van der Waals surface area contributed by atoms with Crippen molar-refractivity contribution in [3.05, 3.63) is 22.4 Å². The minimum Gasteiger partial charge on any atom is -0.550 e. The van der Waals surface area contributed by atoms with Gasteiger partial charge in [0.05, 0.1) is 6.54 Å². The van der Waals surface area contributed by atoms with Gasteiger partial charge < -0.3 is 15.2 Å². The lowest BCUT2D eigenvalue weighted by Crippen LogP contribution is -2.28. The molecule has 0 unspecified atom stereocenters. The highest BCUT2D eigenvalue weighted by Crippen LogP contribution is 2.09. The molecule has 0 aliphatic rings. The predicted octanol–water partition coefficient (Wildman–Crippen LogP) is 0.530. The lowest BCUT2D eigenvalue weighted by atomic mass is 10.0. The number of aliphatic carboxylic acids is 1. The van der Waals surface area contributed by atoms with Gasteiger partial charge in [0.2, 0.25) is 5.91 Å². The Morgan fingerprint density at radius 1 is 1.50 bits per heavy atom. The van der Waals surface area contributed by atoms with E-state index in [-0.39, 0.29) is 24.7 Å². The molecule has 0 saturated carbocycles. The molecular weight excluding hydrogens is 226 g/mol. The molecule has 1 N–H and O–H groups in total. The van der Waals surface area contributed by atoms with Crippen molar-refractivity contribution in [1.82, 2.24) is 5.32 Å². The highest BCUT2D eigenvalue weighted by Gasteiger charge is 2.09. The van der Waals surface area contributed by atoms with E-state index in [0.29, 0.717) is 6.54 Å². The van der Waals surface area contributed by atoms with Crippen LogP contribution in [0.25, 0.3) is 0 Å². The van der Waals surface area contributed by atoms with Crippen molar-refractivity contribution in [1.29, 1.82) is 0 Å². The average Bonchev–Trinajstić information content (AvgIpc) is 2.65. The molecule has 1 heterocycles. The van der Waals surface area contributed by atoms with Crippen LogP contribution in [0.15, 0.2) is 17.5 Å². The van der Waals surface area contributed by atoms with E-state index in [9.17, 15) is 14.7 Å². The summed E-state index contributed by atoms with van der Waals surface area (Å²) in [5.41, 5.74) is 0. The zero-order valence-electron chi connectivity index (χ0n) is 9.06. The summed E-state index contributed by atoms with van der Waals surface area (Å²) in [6, 6.07) is 3.86. The first-order chi connectivity index (χ1) is 7.58.